The van der Waals surface area contributed by atoms with E-state index in [1.165, 1.54) is 17.4 Å². The number of hydrogen-bond donors (Lipinski definition) is 1. The SMILES string of the molecule is Cl.Clc1nc2cc([C@@H]3CCCCN3)nn2c(Cl)c1Cl. The lowest BCUT2D eigenvalue weighted by atomic mass is 10.0. The van der Waals surface area contributed by atoms with Crippen LogP contribution < -0.4 is 5.32 Å². The van der Waals surface area contributed by atoms with Crippen LogP contribution in [0.3, 0.4) is 0 Å². The molecule has 2 aromatic heterocycles. The zero-order valence-corrected chi connectivity index (χ0v) is 13.0. The molecule has 0 spiro atoms. The van der Waals surface area contributed by atoms with Gasteiger partial charge in [0.2, 0.25) is 0 Å². The molecule has 1 aliphatic heterocycles. The van der Waals surface area contributed by atoms with E-state index in [1.54, 1.807) is 0 Å². The van der Waals surface area contributed by atoms with Crippen molar-refractivity contribution in [2.75, 3.05) is 6.54 Å². The highest BCUT2D eigenvalue weighted by Crippen LogP contribution is 2.30. The minimum absolute atomic E-state index is 0. The van der Waals surface area contributed by atoms with Crippen LogP contribution in [-0.4, -0.2) is 21.1 Å². The molecular weight excluding hydrogens is 330 g/mol. The number of hydrogen-bond acceptors (Lipinski definition) is 3. The van der Waals surface area contributed by atoms with Crippen molar-refractivity contribution in [2.45, 2.75) is 25.3 Å². The van der Waals surface area contributed by atoms with E-state index in [0.717, 1.165) is 18.7 Å². The van der Waals surface area contributed by atoms with Crippen LogP contribution in [-0.2, 0) is 0 Å². The number of aromatic nitrogens is 3. The Balaban J connectivity index is 0.00000133. The minimum Gasteiger partial charge on any atom is -0.309 e. The van der Waals surface area contributed by atoms with E-state index in [1.807, 2.05) is 6.07 Å². The van der Waals surface area contributed by atoms with Gasteiger partial charge in [-0.3, -0.25) is 0 Å². The maximum absolute atomic E-state index is 6.11. The second-order valence-corrected chi connectivity index (χ2v) is 5.44. The third-order valence-electron chi connectivity index (χ3n) is 3.14. The average Bonchev–Trinajstić information content (AvgIpc) is 2.81. The Morgan fingerprint density at radius 1 is 1.26 bits per heavy atom. The molecule has 1 aliphatic rings. The molecule has 3 rings (SSSR count). The first kappa shape index (κ1) is 15.1. The summed E-state index contributed by atoms with van der Waals surface area (Å²) in [7, 11) is 0. The van der Waals surface area contributed by atoms with Crippen LogP contribution in [0.25, 0.3) is 5.65 Å². The van der Waals surface area contributed by atoms with Crippen molar-refractivity contribution in [1.29, 1.82) is 0 Å². The predicted molar refractivity (Wildman–Crippen MR) is 79.9 cm³/mol. The van der Waals surface area contributed by atoms with E-state index < -0.39 is 0 Å². The van der Waals surface area contributed by atoms with Crippen LogP contribution >= 0.6 is 47.2 Å². The third-order valence-corrected chi connectivity index (χ3v) is 4.31. The first-order chi connectivity index (χ1) is 8.66. The Kier molecular flexibility index (Phi) is 4.79. The molecular formula is C11H12Cl4N4. The zero-order chi connectivity index (χ0) is 12.7. The van der Waals surface area contributed by atoms with Crippen LogP contribution in [0.15, 0.2) is 6.07 Å². The molecule has 0 saturated carbocycles. The molecule has 0 radical (unpaired) electrons. The van der Waals surface area contributed by atoms with E-state index in [9.17, 15) is 0 Å². The van der Waals surface area contributed by atoms with E-state index in [-0.39, 0.29) is 28.6 Å². The fourth-order valence-corrected chi connectivity index (χ4v) is 2.78. The molecule has 0 amide bonds. The Morgan fingerprint density at radius 3 is 2.74 bits per heavy atom. The molecule has 104 valence electrons. The molecule has 1 saturated heterocycles. The van der Waals surface area contributed by atoms with Gasteiger partial charge in [0.1, 0.15) is 5.02 Å². The highest BCUT2D eigenvalue weighted by Gasteiger charge is 2.20. The van der Waals surface area contributed by atoms with Gasteiger partial charge in [-0.1, -0.05) is 41.2 Å². The van der Waals surface area contributed by atoms with Crippen molar-refractivity contribution in [3.63, 3.8) is 0 Å². The Hall–Kier alpha value is -0.260. The topological polar surface area (TPSA) is 42.2 Å². The van der Waals surface area contributed by atoms with Crippen molar-refractivity contribution in [2.24, 2.45) is 0 Å². The Morgan fingerprint density at radius 2 is 2.05 bits per heavy atom. The van der Waals surface area contributed by atoms with E-state index in [4.69, 9.17) is 34.8 Å². The maximum Gasteiger partial charge on any atom is 0.158 e. The fraction of sp³-hybridized carbons (Fsp3) is 0.455. The smallest absolute Gasteiger partial charge is 0.158 e. The van der Waals surface area contributed by atoms with Crippen LogP contribution in [0.1, 0.15) is 31.0 Å². The summed E-state index contributed by atoms with van der Waals surface area (Å²) >= 11 is 18.0. The van der Waals surface area contributed by atoms with Gasteiger partial charge >= 0.3 is 0 Å². The third kappa shape index (κ3) is 2.78. The highest BCUT2D eigenvalue weighted by molar-refractivity contribution is 6.47. The Bertz CT molecular complexity index is 592. The van der Waals surface area contributed by atoms with Crippen molar-refractivity contribution in [3.05, 3.63) is 27.1 Å². The van der Waals surface area contributed by atoms with Crippen molar-refractivity contribution < 1.29 is 0 Å². The van der Waals surface area contributed by atoms with Crippen LogP contribution in [0, 0.1) is 0 Å². The summed E-state index contributed by atoms with van der Waals surface area (Å²) < 4.78 is 1.53. The Labute approximate surface area is 131 Å². The molecule has 0 unspecified atom stereocenters. The number of nitrogens with one attached hydrogen (secondary N) is 1. The lowest BCUT2D eigenvalue weighted by Gasteiger charge is -2.21. The summed E-state index contributed by atoms with van der Waals surface area (Å²) in [4.78, 5) is 4.17. The second-order valence-electron chi connectivity index (χ2n) is 4.35. The summed E-state index contributed by atoms with van der Waals surface area (Å²) in [6.07, 6.45) is 3.48. The molecule has 3 heterocycles. The lowest BCUT2D eigenvalue weighted by molar-refractivity contribution is 0.404. The highest BCUT2D eigenvalue weighted by atomic mass is 35.5. The molecule has 8 heteroatoms. The number of halogens is 4. The van der Waals surface area contributed by atoms with Gasteiger partial charge in [0.05, 0.1) is 11.7 Å². The standard InChI is InChI=1S/C11H11Cl3N4.ClH/c12-9-10(13)16-8-5-7(17-18(8)11(9)14)6-3-1-2-4-15-6;/h5-6,15H,1-4H2;1H/t6-;/m0./s1. The first-order valence-electron chi connectivity index (χ1n) is 5.80. The van der Waals surface area contributed by atoms with Gasteiger partial charge in [-0.25, -0.2) is 9.50 Å². The van der Waals surface area contributed by atoms with Crippen molar-refractivity contribution in [1.82, 2.24) is 19.9 Å². The molecule has 0 aromatic carbocycles. The van der Waals surface area contributed by atoms with Gasteiger partial charge in [-0.2, -0.15) is 5.10 Å². The number of nitrogens with zero attached hydrogens (tertiary/aromatic N) is 3. The molecule has 4 nitrogen and oxygen atoms in total. The van der Waals surface area contributed by atoms with Gasteiger partial charge < -0.3 is 5.32 Å². The quantitative estimate of drug-likeness (QED) is 0.799. The lowest BCUT2D eigenvalue weighted by Crippen LogP contribution is -2.27. The van der Waals surface area contributed by atoms with Gasteiger partial charge in [0, 0.05) is 6.07 Å². The molecule has 19 heavy (non-hydrogen) atoms. The summed E-state index contributed by atoms with van der Waals surface area (Å²) in [6, 6.07) is 2.16. The fourth-order valence-electron chi connectivity index (χ4n) is 2.22. The van der Waals surface area contributed by atoms with Gasteiger partial charge in [-0.15, -0.1) is 12.4 Å². The van der Waals surface area contributed by atoms with E-state index in [2.05, 4.69) is 15.4 Å². The molecule has 2 aromatic rings. The van der Waals surface area contributed by atoms with E-state index >= 15 is 0 Å². The molecule has 0 aliphatic carbocycles. The largest absolute Gasteiger partial charge is 0.309 e. The van der Waals surface area contributed by atoms with Gasteiger partial charge in [0.15, 0.2) is 16.0 Å². The molecule has 1 fully saturated rings. The summed E-state index contributed by atoms with van der Waals surface area (Å²) in [5.74, 6) is 0. The number of piperidine rings is 1. The first-order valence-corrected chi connectivity index (χ1v) is 6.94. The average molecular weight is 342 g/mol. The van der Waals surface area contributed by atoms with Crippen molar-refractivity contribution >= 4 is 52.9 Å². The normalized spacial score (nSPS) is 19.4. The summed E-state index contributed by atoms with van der Waals surface area (Å²) in [6.45, 7) is 1.02. The van der Waals surface area contributed by atoms with Gasteiger partial charge in [-0.05, 0) is 19.4 Å². The van der Waals surface area contributed by atoms with Crippen LogP contribution in [0.5, 0.6) is 0 Å². The minimum atomic E-state index is 0. The number of fused-ring (bicyclic) bond motifs is 1. The monoisotopic (exact) mass is 340 g/mol. The molecule has 1 N–H and O–H groups in total. The molecule has 1 atom stereocenters. The summed E-state index contributed by atoms with van der Waals surface area (Å²) in [5, 5.41) is 8.63. The number of rotatable bonds is 1. The second kappa shape index (κ2) is 6.02. The van der Waals surface area contributed by atoms with Crippen molar-refractivity contribution in [3.8, 4) is 0 Å². The summed E-state index contributed by atoms with van der Waals surface area (Å²) in [5.41, 5.74) is 1.55. The maximum atomic E-state index is 6.11. The van der Waals surface area contributed by atoms with Gasteiger partial charge in [0.25, 0.3) is 0 Å². The predicted octanol–water partition coefficient (Wildman–Crippen LogP) is 3.93. The van der Waals surface area contributed by atoms with Crippen LogP contribution in [0.2, 0.25) is 15.3 Å². The zero-order valence-electron chi connectivity index (χ0n) is 9.87. The van der Waals surface area contributed by atoms with Crippen LogP contribution in [0.4, 0.5) is 0 Å². The molecule has 0 bridgehead atoms. The van der Waals surface area contributed by atoms with E-state index in [0.29, 0.717) is 10.8 Å².